The van der Waals surface area contributed by atoms with Gasteiger partial charge in [-0.1, -0.05) is 6.07 Å². The van der Waals surface area contributed by atoms with Crippen LogP contribution in [0, 0.1) is 17.0 Å². The van der Waals surface area contributed by atoms with Gasteiger partial charge in [0.05, 0.1) is 4.92 Å². The van der Waals surface area contributed by atoms with Crippen LogP contribution in [0.2, 0.25) is 0 Å². The highest BCUT2D eigenvalue weighted by Crippen LogP contribution is 2.36. The van der Waals surface area contributed by atoms with Crippen molar-refractivity contribution in [2.45, 2.75) is 57.7 Å². The van der Waals surface area contributed by atoms with E-state index in [4.69, 9.17) is 0 Å². The molecule has 0 aliphatic carbocycles. The Hall–Kier alpha value is -1.62. The minimum absolute atomic E-state index is 0.239. The molecule has 2 heterocycles. The summed E-state index contributed by atoms with van der Waals surface area (Å²) < 4.78 is 0. The summed E-state index contributed by atoms with van der Waals surface area (Å²) in [4.78, 5) is 13.4. The van der Waals surface area contributed by atoms with Gasteiger partial charge in [0.25, 0.3) is 5.69 Å². The molecule has 21 heavy (non-hydrogen) atoms. The SMILES string of the molecule is CCN(c1ccc(C)cc1[N+](=O)[O-])C1CC2CCC(C1)N2. The van der Waals surface area contributed by atoms with Crippen molar-refractivity contribution in [1.29, 1.82) is 0 Å². The van der Waals surface area contributed by atoms with Crippen molar-refractivity contribution in [2.75, 3.05) is 11.4 Å². The summed E-state index contributed by atoms with van der Waals surface area (Å²) in [6.45, 7) is 4.80. The summed E-state index contributed by atoms with van der Waals surface area (Å²) in [5, 5.41) is 15.0. The Labute approximate surface area is 125 Å². The molecule has 3 rings (SSSR count). The number of rotatable bonds is 4. The monoisotopic (exact) mass is 289 g/mol. The van der Waals surface area contributed by atoms with Crippen LogP contribution < -0.4 is 10.2 Å². The molecule has 2 aliphatic heterocycles. The van der Waals surface area contributed by atoms with E-state index in [1.807, 2.05) is 19.1 Å². The van der Waals surface area contributed by atoms with Gasteiger partial charge in [-0.15, -0.1) is 0 Å². The zero-order valence-electron chi connectivity index (χ0n) is 12.7. The average molecular weight is 289 g/mol. The van der Waals surface area contributed by atoms with Gasteiger partial charge in [0.15, 0.2) is 0 Å². The van der Waals surface area contributed by atoms with E-state index >= 15 is 0 Å². The summed E-state index contributed by atoms with van der Waals surface area (Å²) in [5.41, 5.74) is 1.95. The van der Waals surface area contributed by atoms with Gasteiger partial charge in [-0.3, -0.25) is 10.1 Å². The molecule has 1 aromatic rings. The van der Waals surface area contributed by atoms with E-state index in [1.54, 1.807) is 6.07 Å². The van der Waals surface area contributed by atoms with Crippen LogP contribution in [0.25, 0.3) is 0 Å². The Morgan fingerprint density at radius 1 is 1.33 bits per heavy atom. The first-order valence-corrected chi connectivity index (χ1v) is 7.86. The number of fused-ring (bicyclic) bond motifs is 2. The van der Waals surface area contributed by atoms with E-state index in [1.165, 1.54) is 12.8 Å². The maximum atomic E-state index is 11.4. The van der Waals surface area contributed by atoms with Gasteiger partial charge in [-0.05, 0) is 51.2 Å². The molecule has 2 unspecified atom stereocenters. The van der Waals surface area contributed by atoms with Crippen LogP contribution in [-0.2, 0) is 0 Å². The first-order chi connectivity index (χ1) is 10.1. The second-order valence-corrected chi connectivity index (χ2v) is 6.30. The van der Waals surface area contributed by atoms with Crippen LogP contribution in [0.15, 0.2) is 18.2 Å². The summed E-state index contributed by atoms with van der Waals surface area (Å²) in [6, 6.07) is 7.17. The number of nitrogens with one attached hydrogen (secondary N) is 1. The van der Waals surface area contributed by atoms with Gasteiger partial charge in [0, 0.05) is 30.7 Å². The zero-order valence-corrected chi connectivity index (χ0v) is 12.7. The lowest BCUT2D eigenvalue weighted by molar-refractivity contribution is -0.384. The first-order valence-electron chi connectivity index (χ1n) is 7.86. The first kappa shape index (κ1) is 14.3. The summed E-state index contributed by atoms with van der Waals surface area (Å²) >= 11 is 0. The largest absolute Gasteiger partial charge is 0.363 e. The van der Waals surface area contributed by atoms with Crippen molar-refractivity contribution < 1.29 is 4.92 Å². The fourth-order valence-corrected chi connectivity index (χ4v) is 3.93. The number of hydrogen-bond acceptors (Lipinski definition) is 4. The van der Waals surface area contributed by atoms with Crippen LogP contribution in [0.4, 0.5) is 11.4 Å². The lowest BCUT2D eigenvalue weighted by Crippen LogP contribution is -2.48. The second-order valence-electron chi connectivity index (χ2n) is 6.30. The van der Waals surface area contributed by atoms with Crippen molar-refractivity contribution in [3.63, 3.8) is 0 Å². The Bertz CT molecular complexity index is 534. The van der Waals surface area contributed by atoms with Crippen molar-refractivity contribution in [1.82, 2.24) is 5.32 Å². The third-order valence-corrected chi connectivity index (χ3v) is 4.87. The van der Waals surface area contributed by atoms with Crippen molar-refractivity contribution >= 4 is 11.4 Å². The molecule has 5 heteroatoms. The standard InChI is InChI=1S/C16H23N3O2/c1-3-18(14-9-12-5-6-13(10-14)17-12)15-7-4-11(2)8-16(15)19(20)21/h4,7-8,12-14,17H,3,5-6,9-10H2,1-2H3. The Kier molecular flexibility index (Phi) is 3.85. The van der Waals surface area contributed by atoms with Gasteiger partial charge in [-0.2, -0.15) is 0 Å². The molecule has 2 fully saturated rings. The molecule has 2 saturated heterocycles. The van der Waals surface area contributed by atoms with E-state index in [2.05, 4.69) is 17.1 Å². The maximum Gasteiger partial charge on any atom is 0.292 e. The van der Waals surface area contributed by atoms with Crippen LogP contribution in [-0.4, -0.2) is 29.6 Å². The number of nitro benzene ring substituents is 1. The fraction of sp³-hybridized carbons (Fsp3) is 0.625. The second kappa shape index (κ2) is 5.64. The minimum Gasteiger partial charge on any atom is -0.363 e. The third kappa shape index (κ3) is 2.75. The normalized spacial score (nSPS) is 27.6. The molecule has 2 atom stereocenters. The Morgan fingerprint density at radius 3 is 2.57 bits per heavy atom. The maximum absolute atomic E-state index is 11.4. The van der Waals surface area contributed by atoms with Crippen molar-refractivity contribution in [3.05, 3.63) is 33.9 Å². The molecular weight excluding hydrogens is 266 g/mol. The third-order valence-electron chi connectivity index (χ3n) is 4.87. The zero-order chi connectivity index (χ0) is 15.0. The highest BCUT2D eigenvalue weighted by Gasteiger charge is 2.37. The molecular formula is C16H23N3O2. The molecule has 114 valence electrons. The number of aryl methyl sites for hydroxylation is 1. The predicted molar refractivity (Wildman–Crippen MR) is 83.8 cm³/mol. The molecule has 0 radical (unpaired) electrons. The van der Waals surface area contributed by atoms with Gasteiger partial charge in [0.2, 0.25) is 0 Å². The summed E-state index contributed by atoms with van der Waals surface area (Å²) in [6.07, 6.45) is 4.67. The molecule has 0 aromatic heterocycles. The van der Waals surface area contributed by atoms with Crippen molar-refractivity contribution in [2.24, 2.45) is 0 Å². The number of anilines is 1. The number of piperidine rings is 1. The summed E-state index contributed by atoms with van der Waals surface area (Å²) in [7, 11) is 0. The van der Waals surface area contributed by atoms with Crippen LogP contribution in [0.1, 0.15) is 38.2 Å². The van der Waals surface area contributed by atoms with Gasteiger partial charge < -0.3 is 10.2 Å². The fourth-order valence-electron chi connectivity index (χ4n) is 3.93. The van der Waals surface area contributed by atoms with Gasteiger partial charge >= 0.3 is 0 Å². The number of hydrogen-bond donors (Lipinski definition) is 1. The van der Waals surface area contributed by atoms with E-state index in [9.17, 15) is 10.1 Å². The van der Waals surface area contributed by atoms with Crippen molar-refractivity contribution in [3.8, 4) is 0 Å². The highest BCUT2D eigenvalue weighted by molar-refractivity contribution is 5.65. The molecule has 5 nitrogen and oxygen atoms in total. The topological polar surface area (TPSA) is 58.4 Å². The molecule has 2 bridgehead atoms. The smallest absolute Gasteiger partial charge is 0.292 e. The number of nitrogens with zero attached hydrogens (tertiary/aromatic N) is 2. The highest BCUT2D eigenvalue weighted by atomic mass is 16.6. The van der Waals surface area contributed by atoms with Crippen LogP contribution in [0.5, 0.6) is 0 Å². The lowest BCUT2D eigenvalue weighted by atomic mass is 9.97. The average Bonchev–Trinajstić information content (AvgIpc) is 2.80. The molecule has 0 spiro atoms. The van der Waals surface area contributed by atoms with Gasteiger partial charge in [0.1, 0.15) is 5.69 Å². The van der Waals surface area contributed by atoms with Crippen LogP contribution >= 0.6 is 0 Å². The Morgan fingerprint density at radius 2 is 2.00 bits per heavy atom. The number of nitro groups is 1. The van der Waals surface area contributed by atoms with Gasteiger partial charge in [-0.25, -0.2) is 0 Å². The number of benzene rings is 1. The molecule has 2 aliphatic rings. The molecule has 1 aromatic carbocycles. The van der Waals surface area contributed by atoms with E-state index in [0.717, 1.165) is 30.6 Å². The minimum atomic E-state index is -0.249. The van der Waals surface area contributed by atoms with E-state index in [-0.39, 0.29) is 10.6 Å². The predicted octanol–water partition coefficient (Wildman–Crippen LogP) is 3.01. The summed E-state index contributed by atoms with van der Waals surface area (Å²) in [5.74, 6) is 0. The molecule has 0 amide bonds. The Balaban J connectivity index is 1.91. The molecule has 1 N–H and O–H groups in total. The lowest BCUT2D eigenvalue weighted by Gasteiger charge is -2.38. The quantitative estimate of drug-likeness (QED) is 0.684. The van der Waals surface area contributed by atoms with Crippen LogP contribution in [0.3, 0.4) is 0 Å². The molecule has 0 saturated carbocycles. The van der Waals surface area contributed by atoms with E-state index in [0.29, 0.717) is 18.1 Å². The van der Waals surface area contributed by atoms with E-state index < -0.39 is 0 Å².